The van der Waals surface area contributed by atoms with Gasteiger partial charge >= 0.3 is 0 Å². The lowest BCUT2D eigenvalue weighted by Crippen LogP contribution is -2.37. The summed E-state index contributed by atoms with van der Waals surface area (Å²) in [6, 6.07) is 14.9. The van der Waals surface area contributed by atoms with E-state index in [0.717, 1.165) is 18.4 Å². The van der Waals surface area contributed by atoms with Crippen molar-refractivity contribution in [2.45, 2.75) is 44.6 Å². The maximum atomic E-state index is 12.1. The van der Waals surface area contributed by atoms with E-state index < -0.39 is 0 Å². The maximum absolute atomic E-state index is 12.1. The second-order valence-electron chi connectivity index (χ2n) is 5.76. The number of hydrogen-bond acceptors (Lipinski definition) is 1. The van der Waals surface area contributed by atoms with Crippen molar-refractivity contribution in [1.29, 1.82) is 0 Å². The topological polar surface area (TPSA) is 29.1 Å². The van der Waals surface area contributed by atoms with E-state index in [1.165, 1.54) is 30.0 Å². The fraction of sp³-hybridized carbons (Fsp3) is 0.389. The Hall–Kier alpha value is -1.83. The van der Waals surface area contributed by atoms with E-state index in [2.05, 4.69) is 35.6 Å². The summed E-state index contributed by atoms with van der Waals surface area (Å²) >= 11 is 0. The van der Waals surface area contributed by atoms with Crippen LogP contribution in [0.15, 0.2) is 42.5 Å². The van der Waals surface area contributed by atoms with Crippen molar-refractivity contribution in [1.82, 2.24) is 5.32 Å². The first-order valence-electron chi connectivity index (χ1n) is 7.58. The van der Waals surface area contributed by atoms with Crippen molar-refractivity contribution < 1.29 is 4.79 Å². The monoisotopic (exact) mass is 267 g/mol. The van der Waals surface area contributed by atoms with E-state index in [9.17, 15) is 4.79 Å². The van der Waals surface area contributed by atoms with Gasteiger partial charge in [0.25, 0.3) is 0 Å². The molecule has 0 saturated heterocycles. The lowest BCUT2D eigenvalue weighted by molar-refractivity contribution is -0.121. The Morgan fingerprint density at radius 1 is 1.00 bits per heavy atom. The molecule has 0 aliphatic heterocycles. The molecule has 2 heteroatoms. The van der Waals surface area contributed by atoms with Crippen molar-refractivity contribution >= 4 is 16.7 Å². The third kappa shape index (κ3) is 3.19. The molecule has 0 heterocycles. The van der Waals surface area contributed by atoms with E-state index in [0.29, 0.717) is 12.5 Å². The van der Waals surface area contributed by atoms with Gasteiger partial charge < -0.3 is 5.32 Å². The number of fused-ring (bicyclic) bond motifs is 1. The summed E-state index contributed by atoms with van der Waals surface area (Å²) in [4.78, 5) is 12.1. The highest BCUT2D eigenvalue weighted by Gasteiger charge is 2.15. The van der Waals surface area contributed by atoms with Gasteiger partial charge in [0.15, 0.2) is 0 Å². The largest absolute Gasteiger partial charge is 0.353 e. The van der Waals surface area contributed by atoms with Crippen LogP contribution in [0.5, 0.6) is 0 Å². The molecule has 3 rings (SSSR count). The summed E-state index contributed by atoms with van der Waals surface area (Å²) in [7, 11) is 0. The molecule has 1 aliphatic rings. The van der Waals surface area contributed by atoms with E-state index >= 15 is 0 Å². The summed E-state index contributed by atoms with van der Waals surface area (Å²) in [5, 5.41) is 5.61. The Balaban J connectivity index is 1.64. The van der Waals surface area contributed by atoms with Crippen LogP contribution >= 0.6 is 0 Å². The minimum Gasteiger partial charge on any atom is -0.353 e. The second-order valence-corrected chi connectivity index (χ2v) is 5.76. The number of benzene rings is 2. The van der Waals surface area contributed by atoms with Crippen LogP contribution in [-0.2, 0) is 11.2 Å². The lowest BCUT2D eigenvalue weighted by Gasteiger charge is -2.22. The lowest BCUT2D eigenvalue weighted by atomic mass is 9.95. The number of nitrogens with one attached hydrogen (secondary N) is 1. The van der Waals surface area contributed by atoms with E-state index in [1.54, 1.807) is 0 Å². The summed E-state index contributed by atoms with van der Waals surface area (Å²) < 4.78 is 0. The summed E-state index contributed by atoms with van der Waals surface area (Å²) in [6.07, 6.45) is 6.59. The third-order valence-electron chi connectivity index (χ3n) is 4.15. The molecule has 1 amide bonds. The van der Waals surface area contributed by atoms with Crippen LogP contribution in [0.2, 0.25) is 0 Å². The zero-order valence-corrected chi connectivity index (χ0v) is 11.8. The van der Waals surface area contributed by atoms with Crippen LogP contribution in [0.3, 0.4) is 0 Å². The van der Waals surface area contributed by atoms with Crippen LogP contribution in [0.4, 0.5) is 0 Å². The van der Waals surface area contributed by atoms with Gasteiger partial charge in [-0.05, 0) is 29.2 Å². The Bertz CT molecular complexity index is 599. The average molecular weight is 267 g/mol. The molecule has 0 unspecified atom stereocenters. The van der Waals surface area contributed by atoms with Gasteiger partial charge in [-0.3, -0.25) is 4.79 Å². The predicted molar refractivity (Wildman–Crippen MR) is 82.7 cm³/mol. The summed E-state index contributed by atoms with van der Waals surface area (Å²) in [5.41, 5.74) is 1.09. The molecule has 2 aromatic rings. The van der Waals surface area contributed by atoms with Crippen LogP contribution < -0.4 is 5.32 Å². The Morgan fingerprint density at radius 2 is 1.75 bits per heavy atom. The van der Waals surface area contributed by atoms with Crippen molar-refractivity contribution in [3.63, 3.8) is 0 Å². The highest BCUT2D eigenvalue weighted by molar-refractivity contribution is 5.85. The van der Waals surface area contributed by atoms with Crippen LogP contribution in [0.1, 0.15) is 37.7 Å². The van der Waals surface area contributed by atoms with Gasteiger partial charge in [0.05, 0.1) is 6.42 Å². The Labute approximate surface area is 120 Å². The molecular formula is C18H21NO. The van der Waals surface area contributed by atoms with Gasteiger partial charge in [0.2, 0.25) is 5.91 Å². The quantitative estimate of drug-likeness (QED) is 0.899. The highest BCUT2D eigenvalue weighted by atomic mass is 16.1. The number of carbonyl (C=O) groups is 1. The van der Waals surface area contributed by atoms with Gasteiger partial charge in [-0.15, -0.1) is 0 Å². The number of hydrogen-bond donors (Lipinski definition) is 1. The number of amides is 1. The van der Waals surface area contributed by atoms with Gasteiger partial charge in [-0.25, -0.2) is 0 Å². The first-order chi connectivity index (χ1) is 9.81. The number of rotatable bonds is 3. The molecule has 1 fully saturated rings. The molecule has 0 radical (unpaired) electrons. The van der Waals surface area contributed by atoms with E-state index in [1.807, 2.05) is 12.1 Å². The van der Waals surface area contributed by atoms with Gasteiger partial charge in [-0.2, -0.15) is 0 Å². The highest BCUT2D eigenvalue weighted by Crippen LogP contribution is 2.18. The molecule has 0 atom stereocenters. The Kier molecular flexibility index (Phi) is 4.00. The second kappa shape index (κ2) is 6.08. The molecule has 0 bridgehead atoms. The molecule has 1 aliphatic carbocycles. The molecule has 2 aromatic carbocycles. The molecule has 1 N–H and O–H groups in total. The number of carbonyl (C=O) groups excluding carboxylic acids is 1. The molecule has 0 aromatic heterocycles. The zero-order valence-electron chi connectivity index (χ0n) is 11.8. The molecular weight excluding hydrogens is 246 g/mol. The SMILES string of the molecule is O=C(Cc1ccc2ccccc2c1)NC1CCCCC1. The maximum Gasteiger partial charge on any atom is 0.224 e. The third-order valence-corrected chi connectivity index (χ3v) is 4.15. The van der Waals surface area contributed by atoms with E-state index in [4.69, 9.17) is 0 Å². The fourth-order valence-electron chi connectivity index (χ4n) is 3.06. The van der Waals surface area contributed by atoms with Crippen molar-refractivity contribution in [2.75, 3.05) is 0 Å². The first kappa shape index (κ1) is 13.2. The molecule has 1 saturated carbocycles. The van der Waals surface area contributed by atoms with Crippen LogP contribution in [-0.4, -0.2) is 11.9 Å². The predicted octanol–water partition coefficient (Wildman–Crippen LogP) is 3.83. The smallest absolute Gasteiger partial charge is 0.224 e. The minimum absolute atomic E-state index is 0.159. The normalized spacial score (nSPS) is 16.2. The molecule has 20 heavy (non-hydrogen) atoms. The molecule has 104 valence electrons. The zero-order chi connectivity index (χ0) is 13.8. The van der Waals surface area contributed by atoms with Crippen LogP contribution in [0.25, 0.3) is 10.8 Å². The van der Waals surface area contributed by atoms with Crippen molar-refractivity contribution in [2.24, 2.45) is 0 Å². The van der Waals surface area contributed by atoms with Gasteiger partial charge in [0, 0.05) is 6.04 Å². The minimum atomic E-state index is 0.159. The molecule has 2 nitrogen and oxygen atoms in total. The standard InChI is InChI=1S/C18H21NO/c20-18(19-17-8-2-1-3-9-17)13-14-10-11-15-6-4-5-7-16(15)12-14/h4-7,10-12,17H,1-3,8-9,13H2,(H,19,20). The fourth-order valence-corrected chi connectivity index (χ4v) is 3.06. The van der Waals surface area contributed by atoms with Crippen molar-refractivity contribution in [3.05, 3.63) is 48.0 Å². The van der Waals surface area contributed by atoms with Crippen molar-refractivity contribution in [3.8, 4) is 0 Å². The molecule has 0 spiro atoms. The first-order valence-corrected chi connectivity index (χ1v) is 7.58. The van der Waals surface area contributed by atoms with Gasteiger partial charge in [-0.1, -0.05) is 61.7 Å². The van der Waals surface area contributed by atoms with E-state index in [-0.39, 0.29) is 5.91 Å². The van der Waals surface area contributed by atoms with Crippen LogP contribution in [0, 0.1) is 0 Å². The summed E-state index contributed by atoms with van der Waals surface area (Å²) in [5.74, 6) is 0.159. The average Bonchev–Trinajstić information content (AvgIpc) is 2.48. The summed E-state index contributed by atoms with van der Waals surface area (Å²) in [6.45, 7) is 0. The van der Waals surface area contributed by atoms with Gasteiger partial charge in [0.1, 0.15) is 0 Å². The Morgan fingerprint density at radius 3 is 2.55 bits per heavy atom.